The first-order valence-electron chi connectivity index (χ1n) is 7.03. The number of hydrogen-bond acceptors (Lipinski definition) is 4. The first-order valence-corrected chi connectivity index (χ1v) is 7.03. The van der Waals surface area contributed by atoms with Gasteiger partial charge < -0.3 is 9.47 Å². The molecule has 0 spiro atoms. The van der Waals surface area contributed by atoms with E-state index in [-0.39, 0.29) is 11.9 Å². The summed E-state index contributed by atoms with van der Waals surface area (Å²) in [5.41, 5.74) is 1.57. The van der Waals surface area contributed by atoms with Gasteiger partial charge in [-0.1, -0.05) is 48.5 Å². The predicted octanol–water partition coefficient (Wildman–Crippen LogP) is 3.61. The molecular weight excluding hydrogens is 280 g/mol. The maximum atomic E-state index is 11.6. The zero-order valence-electron chi connectivity index (χ0n) is 12.8. The monoisotopic (exact) mass is 300 g/mol. The summed E-state index contributed by atoms with van der Waals surface area (Å²) in [4.78, 5) is 21.4. The van der Waals surface area contributed by atoms with E-state index < -0.39 is 0 Å². The Labute approximate surface area is 130 Å². The molecule has 0 aromatic heterocycles. The van der Waals surface area contributed by atoms with Gasteiger partial charge in [0.25, 0.3) is 0 Å². The van der Waals surface area contributed by atoms with Crippen LogP contribution in [0.5, 0.6) is 0 Å². The van der Waals surface area contributed by atoms with E-state index in [0.717, 1.165) is 5.56 Å². The van der Waals surface area contributed by atoms with E-state index >= 15 is 0 Å². The van der Waals surface area contributed by atoms with E-state index in [0.29, 0.717) is 18.8 Å². The Kier molecular flexibility index (Phi) is 8.05. The minimum atomic E-state index is -0.288. The summed E-state index contributed by atoms with van der Waals surface area (Å²) in [6.07, 6.45) is 0. The molecule has 2 aromatic rings. The van der Waals surface area contributed by atoms with Crippen molar-refractivity contribution in [1.29, 1.82) is 0 Å². The summed E-state index contributed by atoms with van der Waals surface area (Å²) in [5, 5.41) is 0. The molecule has 116 valence electrons. The Morgan fingerprint density at radius 1 is 0.864 bits per heavy atom. The molecule has 22 heavy (non-hydrogen) atoms. The molecule has 2 rings (SSSR count). The smallest absolute Gasteiger partial charge is 0.338 e. The summed E-state index contributed by atoms with van der Waals surface area (Å²) in [6, 6.07) is 18.6. The Morgan fingerprint density at radius 3 is 1.86 bits per heavy atom. The molecule has 0 radical (unpaired) electrons. The molecule has 0 amide bonds. The van der Waals surface area contributed by atoms with Gasteiger partial charge in [-0.3, -0.25) is 4.79 Å². The summed E-state index contributed by atoms with van der Waals surface area (Å²) in [5.74, 6) is -0.498. The number of ether oxygens (including phenoxy) is 2. The van der Waals surface area contributed by atoms with Crippen LogP contribution in [-0.2, 0) is 20.9 Å². The first kappa shape index (κ1) is 17.4. The molecule has 0 aliphatic heterocycles. The SMILES string of the molecule is CCOC(C)=O.O=C(OCc1ccccc1)c1ccccc1. The normalized spacial score (nSPS) is 9.18. The molecule has 2 aromatic carbocycles. The van der Waals surface area contributed by atoms with E-state index in [1.807, 2.05) is 48.5 Å². The van der Waals surface area contributed by atoms with Gasteiger partial charge in [0.15, 0.2) is 0 Å². The molecule has 0 saturated heterocycles. The van der Waals surface area contributed by atoms with Crippen LogP contribution in [0, 0.1) is 0 Å². The van der Waals surface area contributed by atoms with Gasteiger partial charge in [-0.2, -0.15) is 0 Å². The van der Waals surface area contributed by atoms with Crippen LogP contribution in [0.3, 0.4) is 0 Å². The molecular formula is C18H20O4. The Bertz CT molecular complexity index is 564. The van der Waals surface area contributed by atoms with Gasteiger partial charge in [-0.05, 0) is 24.6 Å². The van der Waals surface area contributed by atoms with Crippen molar-refractivity contribution in [3.05, 3.63) is 71.8 Å². The minimum absolute atomic E-state index is 0.211. The van der Waals surface area contributed by atoms with E-state index in [1.165, 1.54) is 6.92 Å². The fourth-order valence-corrected chi connectivity index (χ4v) is 1.58. The molecule has 4 heteroatoms. The average molecular weight is 300 g/mol. The van der Waals surface area contributed by atoms with Gasteiger partial charge >= 0.3 is 11.9 Å². The third kappa shape index (κ3) is 7.24. The van der Waals surface area contributed by atoms with Gasteiger partial charge in [-0.25, -0.2) is 4.79 Å². The molecule has 4 nitrogen and oxygen atoms in total. The fourth-order valence-electron chi connectivity index (χ4n) is 1.58. The highest BCUT2D eigenvalue weighted by atomic mass is 16.5. The first-order chi connectivity index (χ1) is 10.6. The molecule has 0 bridgehead atoms. The largest absolute Gasteiger partial charge is 0.466 e. The molecule has 0 N–H and O–H groups in total. The second kappa shape index (κ2) is 10.2. The number of carbonyl (C=O) groups excluding carboxylic acids is 2. The Morgan fingerprint density at radius 2 is 1.41 bits per heavy atom. The number of carbonyl (C=O) groups is 2. The van der Waals surface area contributed by atoms with Gasteiger partial charge in [0, 0.05) is 6.92 Å². The molecule has 0 aliphatic rings. The average Bonchev–Trinajstić information content (AvgIpc) is 2.55. The molecule has 0 atom stereocenters. The molecule has 0 unspecified atom stereocenters. The van der Waals surface area contributed by atoms with Crippen LogP contribution >= 0.6 is 0 Å². The lowest BCUT2D eigenvalue weighted by Gasteiger charge is -2.04. The van der Waals surface area contributed by atoms with Crippen molar-refractivity contribution in [2.75, 3.05) is 6.61 Å². The van der Waals surface area contributed by atoms with Crippen LogP contribution < -0.4 is 0 Å². The van der Waals surface area contributed by atoms with Crippen molar-refractivity contribution in [2.45, 2.75) is 20.5 Å². The number of hydrogen-bond donors (Lipinski definition) is 0. The van der Waals surface area contributed by atoms with Crippen LogP contribution in [-0.4, -0.2) is 18.5 Å². The lowest BCUT2D eigenvalue weighted by Crippen LogP contribution is -2.04. The van der Waals surface area contributed by atoms with Gasteiger partial charge in [0.2, 0.25) is 0 Å². The second-order valence-electron chi connectivity index (χ2n) is 4.35. The van der Waals surface area contributed by atoms with E-state index in [1.54, 1.807) is 19.1 Å². The van der Waals surface area contributed by atoms with Crippen molar-refractivity contribution < 1.29 is 19.1 Å². The van der Waals surface area contributed by atoms with Crippen molar-refractivity contribution >= 4 is 11.9 Å². The Balaban J connectivity index is 0.000000346. The summed E-state index contributed by atoms with van der Waals surface area (Å²) in [6.45, 7) is 3.97. The number of esters is 2. The second-order valence-corrected chi connectivity index (χ2v) is 4.35. The van der Waals surface area contributed by atoms with Crippen molar-refractivity contribution in [2.24, 2.45) is 0 Å². The van der Waals surface area contributed by atoms with Crippen molar-refractivity contribution in [3.63, 3.8) is 0 Å². The standard InChI is InChI=1S/C14H12O2.C4H8O2/c15-14(13-9-5-2-6-10-13)16-11-12-7-3-1-4-8-12;1-3-6-4(2)5/h1-10H,11H2;3H2,1-2H3. The lowest BCUT2D eigenvalue weighted by atomic mass is 10.2. The fraction of sp³-hybridized carbons (Fsp3) is 0.222. The molecule has 0 aliphatic carbocycles. The van der Waals surface area contributed by atoms with Crippen LogP contribution in [0.25, 0.3) is 0 Å². The maximum absolute atomic E-state index is 11.6. The highest BCUT2D eigenvalue weighted by Crippen LogP contribution is 2.05. The number of benzene rings is 2. The summed E-state index contributed by atoms with van der Waals surface area (Å²) in [7, 11) is 0. The van der Waals surface area contributed by atoms with Gasteiger partial charge in [0.05, 0.1) is 12.2 Å². The highest BCUT2D eigenvalue weighted by molar-refractivity contribution is 5.89. The summed E-state index contributed by atoms with van der Waals surface area (Å²) < 4.78 is 9.58. The van der Waals surface area contributed by atoms with Crippen LogP contribution in [0.4, 0.5) is 0 Å². The van der Waals surface area contributed by atoms with Crippen molar-refractivity contribution in [1.82, 2.24) is 0 Å². The third-order valence-electron chi connectivity index (χ3n) is 2.57. The van der Waals surface area contributed by atoms with E-state index in [4.69, 9.17) is 4.74 Å². The van der Waals surface area contributed by atoms with Crippen LogP contribution in [0.1, 0.15) is 29.8 Å². The maximum Gasteiger partial charge on any atom is 0.338 e. The quantitative estimate of drug-likeness (QED) is 0.809. The van der Waals surface area contributed by atoms with Crippen molar-refractivity contribution in [3.8, 4) is 0 Å². The third-order valence-corrected chi connectivity index (χ3v) is 2.57. The summed E-state index contributed by atoms with van der Waals surface area (Å²) >= 11 is 0. The van der Waals surface area contributed by atoms with Crippen LogP contribution in [0.2, 0.25) is 0 Å². The zero-order chi connectivity index (χ0) is 16.2. The predicted molar refractivity (Wildman–Crippen MR) is 84.3 cm³/mol. The van der Waals surface area contributed by atoms with E-state index in [9.17, 15) is 9.59 Å². The minimum Gasteiger partial charge on any atom is -0.466 e. The van der Waals surface area contributed by atoms with Gasteiger partial charge in [-0.15, -0.1) is 0 Å². The van der Waals surface area contributed by atoms with Gasteiger partial charge in [0.1, 0.15) is 6.61 Å². The number of rotatable bonds is 4. The van der Waals surface area contributed by atoms with E-state index in [2.05, 4.69) is 4.74 Å². The lowest BCUT2D eigenvalue weighted by molar-refractivity contribution is -0.140. The van der Waals surface area contributed by atoms with Crippen LogP contribution in [0.15, 0.2) is 60.7 Å². The molecule has 0 fully saturated rings. The molecule has 0 saturated carbocycles. The Hall–Kier alpha value is -2.62. The topological polar surface area (TPSA) is 52.6 Å². The zero-order valence-corrected chi connectivity index (χ0v) is 12.8. The highest BCUT2D eigenvalue weighted by Gasteiger charge is 2.05. The molecule has 0 heterocycles.